The van der Waals surface area contributed by atoms with Gasteiger partial charge in [0.1, 0.15) is 0 Å². The summed E-state index contributed by atoms with van der Waals surface area (Å²) in [7, 11) is 0. The summed E-state index contributed by atoms with van der Waals surface area (Å²) in [6.45, 7) is 10.7. The zero-order valence-electron chi connectivity index (χ0n) is 11.4. The van der Waals surface area contributed by atoms with Gasteiger partial charge in [0, 0.05) is 31.6 Å². The second-order valence-electron chi connectivity index (χ2n) is 5.25. The highest BCUT2D eigenvalue weighted by atomic mass is 32.1. The molecule has 1 saturated heterocycles. The Kier molecular flexibility index (Phi) is 4.97. The molecule has 1 aromatic rings. The molecule has 2 rings (SSSR count). The number of anilines is 1. The van der Waals surface area contributed by atoms with E-state index in [4.69, 9.17) is 5.73 Å². The predicted octanol–water partition coefficient (Wildman–Crippen LogP) is 1.56. The van der Waals surface area contributed by atoms with Crippen molar-refractivity contribution < 1.29 is 0 Å². The molecule has 2 N–H and O–H groups in total. The lowest BCUT2D eigenvalue weighted by atomic mass is 10.1. The molecule has 5 heteroatoms. The van der Waals surface area contributed by atoms with Crippen LogP contribution in [0, 0.1) is 12.8 Å². The van der Waals surface area contributed by atoms with Crippen LogP contribution in [0.4, 0.5) is 5.13 Å². The molecule has 0 bridgehead atoms. The lowest BCUT2D eigenvalue weighted by molar-refractivity contribution is 0.255. The van der Waals surface area contributed by atoms with Crippen molar-refractivity contribution in [1.29, 1.82) is 0 Å². The smallest absolute Gasteiger partial charge is 0.185 e. The van der Waals surface area contributed by atoms with Crippen LogP contribution in [0.3, 0.4) is 0 Å². The van der Waals surface area contributed by atoms with Crippen molar-refractivity contribution in [2.75, 3.05) is 44.2 Å². The summed E-state index contributed by atoms with van der Waals surface area (Å²) >= 11 is 1.76. The topological polar surface area (TPSA) is 45.4 Å². The molecular weight excluding hydrogens is 244 g/mol. The summed E-state index contributed by atoms with van der Waals surface area (Å²) in [5.41, 5.74) is 6.84. The minimum Gasteiger partial charge on any atom is -0.347 e. The zero-order valence-corrected chi connectivity index (χ0v) is 12.2. The first-order chi connectivity index (χ1) is 8.69. The number of thiazole rings is 1. The van der Waals surface area contributed by atoms with Crippen LogP contribution in [-0.4, -0.2) is 49.2 Å². The van der Waals surface area contributed by atoms with Gasteiger partial charge in [-0.3, -0.25) is 0 Å². The number of rotatable bonds is 4. The van der Waals surface area contributed by atoms with Crippen LogP contribution in [0.25, 0.3) is 0 Å². The molecule has 1 unspecified atom stereocenters. The van der Waals surface area contributed by atoms with Crippen molar-refractivity contribution in [3.8, 4) is 0 Å². The van der Waals surface area contributed by atoms with Crippen LogP contribution in [0.5, 0.6) is 0 Å². The summed E-state index contributed by atoms with van der Waals surface area (Å²) in [6, 6.07) is 0. The van der Waals surface area contributed by atoms with E-state index in [1.165, 1.54) is 18.1 Å². The predicted molar refractivity (Wildman–Crippen MR) is 78.3 cm³/mol. The number of nitrogens with zero attached hydrogens (tertiary/aromatic N) is 3. The van der Waals surface area contributed by atoms with Gasteiger partial charge in [-0.1, -0.05) is 6.92 Å². The van der Waals surface area contributed by atoms with E-state index in [0.717, 1.165) is 38.4 Å². The highest BCUT2D eigenvalue weighted by molar-refractivity contribution is 7.13. The third kappa shape index (κ3) is 3.67. The molecule has 0 spiro atoms. The van der Waals surface area contributed by atoms with Crippen molar-refractivity contribution in [3.05, 3.63) is 11.1 Å². The van der Waals surface area contributed by atoms with Crippen LogP contribution in [0.15, 0.2) is 5.38 Å². The Balaban J connectivity index is 1.88. The Morgan fingerprint density at radius 3 is 2.89 bits per heavy atom. The Hall–Kier alpha value is -0.650. The molecule has 1 fully saturated rings. The summed E-state index contributed by atoms with van der Waals surface area (Å²) in [6.07, 6.45) is 1.22. The van der Waals surface area contributed by atoms with Crippen molar-refractivity contribution in [2.45, 2.75) is 20.3 Å². The Morgan fingerprint density at radius 1 is 1.39 bits per heavy atom. The normalized spacial score (nSPS) is 19.8. The van der Waals surface area contributed by atoms with Crippen molar-refractivity contribution in [3.63, 3.8) is 0 Å². The van der Waals surface area contributed by atoms with Gasteiger partial charge in [0.05, 0.1) is 5.69 Å². The molecule has 18 heavy (non-hydrogen) atoms. The van der Waals surface area contributed by atoms with Gasteiger partial charge in [0.25, 0.3) is 0 Å². The molecule has 1 aliphatic heterocycles. The van der Waals surface area contributed by atoms with Gasteiger partial charge in [0.15, 0.2) is 5.13 Å². The summed E-state index contributed by atoms with van der Waals surface area (Å²) in [5.74, 6) is 0.596. The van der Waals surface area contributed by atoms with Crippen LogP contribution in [-0.2, 0) is 0 Å². The lowest BCUT2D eigenvalue weighted by Crippen LogP contribution is -2.35. The zero-order chi connectivity index (χ0) is 13.0. The van der Waals surface area contributed by atoms with Crippen LogP contribution in [0.2, 0.25) is 0 Å². The van der Waals surface area contributed by atoms with E-state index < -0.39 is 0 Å². The van der Waals surface area contributed by atoms with E-state index in [2.05, 4.69) is 34.0 Å². The molecule has 102 valence electrons. The summed E-state index contributed by atoms with van der Waals surface area (Å²) < 4.78 is 0. The van der Waals surface area contributed by atoms with Gasteiger partial charge >= 0.3 is 0 Å². The minimum atomic E-state index is 0.596. The largest absolute Gasteiger partial charge is 0.347 e. The van der Waals surface area contributed by atoms with Gasteiger partial charge in [-0.25, -0.2) is 4.98 Å². The van der Waals surface area contributed by atoms with Crippen molar-refractivity contribution >= 4 is 16.5 Å². The van der Waals surface area contributed by atoms with Gasteiger partial charge in [0.2, 0.25) is 0 Å². The molecule has 0 amide bonds. The van der Waals surface area contributed by atoms with Gasteiger partial charge < -0.3 is 15.5 Å². The summed E-state index contributed by atoms with van der Waals surface area (Å²) in [4.78, 5) is 9.55. The van der Waals surface area contributed by atoms with Crippen LogP contribution >= 0.6 is 11.3 Å². The van der Waals surface area contributed by atoms with Gasteiger partial charge in [-0.05, 0) is 32.4 Å². The molecule has 0 radical (unpaired) electrons. The van der Waals surface area contributed by atoms with E-state index in [-0.39, 0.29) is 0 Å². The molecule has 0 aliphatic carbocycles. The van der Waals surface area contributed by atoms with Crippen LogP contribution in [0.1, 0.15) is 19.0 Å². The van der Waals surface area contributed by atoms with E-state index in [1.807, 2.05) is 0 Å². The third-order valence-corrected chi connectivity index (χ3v) is 4.46. The Labute approximate surface area is 114 Å². The Morgan fingerprint density at radius 2 is 2.22 bits per heavy atom. The number of nitrogens with two attached hydrogens (primary N) is 1. The summed E-state index contributed by atoms with van der Waals surface area (Å²) in [5, 5.41) is 3.32. The molecule has 1 aromatic heterocycles. The standard InChI is InChI=1S/C13H24N4S/c1-11(8-14)9-16-4-3-5-17(7-6-16)13-15-12(2)10-18-13/h10-11H,3-9,14H2,1-2H3. The van der Waals surface area contributed by atoms with E-state index in [0.29, 0.717) is 5.92 Å². The fraction of sp³-hybridized carbons (Fsp3) is 0.769. The van der Waals surface area contributed by atoms with E-state index in [1.54, 1.807) is 11.3 Å². The first-order valence-electron chi connectivity index (χ1n) is 6.78. The molecule has 1 atom stereocenters. The molecule has 2 heterocycles. The maximum absolute atomic E-state index is 5.70. The lowest BCUT2D eigenvalue weighted by Gasteiger charge is -2.23. The number of aromatic nitrogens is 1. The van der Waals surface area contributed by atoms with Crippen molar-refractivity contribution in [1.82, 2.24) is 9.88 Å². The maximum atomic E-state index is 5.70. The number of aryl methyl sites for hydroxylation is 1. The maximum Gasteiger partial charge on any atom is 0.185 e. The average Bonchev–Trinajstić information content (AvgIpc) is 2.66. The number of hydrogen-bond donors (Lipinski definition) is 1. The fourth-order valence-corrected chi connectivity index (χ4v) is 3.20. The van der Waals surface area contributed by atoms with E-state index >= 15 is 0 Å². The fourth-order valence-electron chi connectivity index (χ4n) is 2.35. The van der Waals surface area contributed by atoms with Crippen LogP contribution < -0.4 is 10.6 Å². The highest BCUT2D eigenvalue weighted by Crippen LogP contribution is 2.21. The SMILES string of the molecule is Cc1csc(N2CCCN(CC(C)CN)CC2)n1. The molecule has 4 nitrogen and oxygen atoms in total. The Bertz CT molecular complexity index is 366. The van der Waals surface area contributed by atoms with Crippen molar-refractivity contribution in [2.24, 2.45) is 11.7 Å². The monoisotopic (exact) mass is 268 g/mol. The van der Waals surface area contributed by atoms with Gasteiger partial charge in [-0.2, -0.15) is 0 Å². The quantitative estimate of drug-likeness (QED) is 0.900. The first kappa shape index (κ1) is 13.8. The second kappa shape index (κ2) is 6.50. The molecule has 0 saturated carbocycles. The van der Waals surface area contributed by atoms with Gasteiger partial charge in [-0.15, -0.1) is 11.3 Å². The average molecular weight is 268 g/mol. The van der Waals surface area contributed by atoms with E-state index in [9.17, 15) is 0 Å². The highest BCUT2D eigenvalue weighted by Gasteiger charge is 2.18. The second-order valence-corrected chi connectivity index (χ2v) is 6.09. The molecular formula is C13H24N4S. The first-order valence-corrected chi connectivity index (χ1v) is 7.66. The molecule has 1 aliphatic rings. The third-order valence-electron chi connectivity index (χ3n) is 3.44. The minimum absolute atomic E-state index is 0.596. The molecule has 0 aromatic carbocycles. The number of hydrogen-bond acceptors (Lipinski definition) is 5.